The zero-order chi connectivity index (χ0) is 12.6. The Morgan fingerprint density at radius 2 is 1.71 bits per heavy atom. The summed E-state index contributed by atoms with van der Waals surface area (Å²) in [6.07, 6.45) is 0.710. The van der Waals surface area contributed by atoms with Gasteiger partial charge in [-0.3, -0.25) is 14.2 Å². The molecule has 0 bridgehead atoms. The molecule has 1 aliphatic rings. The smallest absolute Gasteiger partial charge is 0.319 e. The molecule has 0 fully saturated rings. The van der Waals surface area contributed by atoms with Gasteiger partial charge in [0.05, 0.1) is 0 Å². The van der Waals surface area contributed by atoms with Gasteiger partial charge in [-0.05, 0) is 0 Å². The van der Waals surface area contributed by atoms with E-state index in [4.69, 9.17) is 5.26 Å². The Hall–Kier alpha value is -1.59. The average Bonchev–Trinajstić information content (AvgIpc) is 2.33. The first-order chi connectivity index (χ1) is 7.97. The fourth-order valence-electron chi connectivity index (χ4n) is 1.56. The highest BCUT2D eigenvalue weighted by molar-refractivity contribution is 7.59. The lowest BCUT2D eigenvalue weighted by molar-refractivity contribution is -0.144. The minimum absolute atomic E-state index is 0.0151. The number of hydrogen-bond acceptors (Lipinski definition) is 5. The van der Waals surface area contributed by atoms with Crippen LogP contribution in [0.2, 0.25) is 0 Å². The Kier molecular flexibility index (Phi) is 2.81. The van der Waals surface area contributed by atoms with Gasteiger partial charge in [-0.1, -0.05) is 24.3 Å². The molecular weight excluding hydrogens is 247 g/mol. The maximum absolute atomic E-state index is 11.8. The lowest BCUT2D eigenvalue weighted by Crippen LogP contribution is -2.17. The summed E-state index contributed by atoms with van der Waals surface area (Å²) in [6.45, 7) is 0. The van der Waals surface area contributed by atoms with Crippen LogP contribution in [-0.4, -0.2) is 21.7 Å². The van der Waals surface area contributed by atoms with E-state index in [2.05, 4.69) is 4.67 Å². The van der Waals surface area contributed by atoms with E-state index in [1.54, 1.807) is 6.07 Å². The molecule has 1 aromatic rings. The molecule has 7 heteroatoms. The normalized spacial score (nSPS) is 18.4. The first-order valence-electron chi connectivity index (χ1n) is 4.53. The summed E-state index contributed by atoms with van der Waals surface area (Å²) in [5, 5.41) is 7.55. The number of benzene rings is 1. The number of fused-ring (bicyclic) bond motifs is 1. The van der Waals surface area contributed by atoms with Gasteiger partial charge in [0.15, 0.2) is 5.78 Å². The number of hydrogen-bond donors (Lipinski definition) is 2. The predicted molar refractivity (Wildman–Crippen MR) is 56.7 cm³/mol. The zero-order valence-electron chi connectivity index (χ0n) is 8.36. The van der Waals surface area contributed by atoms with Crippen molar-refractivity contribution in [3.63, 3.8) is 0 Å². The van der Waals surface area contributed by atoms with Gasteiger partial charge in [0.25, 0.3) is 0 Å². The number of Topliss-reactive ketones (excluding diaryl/α,β-unsaturated/α-hetero) is 1. The van der Waals surface area contributed by atoms with Crippen molar-refractivity contribution in [1.29, 1.82) is 0 Å². The van der Waals surface area contributed by atoms with E-state index in [0.29, 0.717) is 6.08 Å². The molecule has 0 radical (unpaired) electrons. The first kappa shape index (κ1) is 11.9. The second-order valence-electron chi connectivity index (χ2n) is 3.37. The first-order valence-corrected chi connectivity index (χ1v) is 6.11. The van der Waals surface area contributed by atoms with Crippen molar-refractivity contribution in [1.82, 2.24) is 0 Å². The number of rotatable bonds is 2. The molecule has 0 aliphatic heterocycles. The second kappa shape index (κ2) is 4.01. The Morgan fingerprint density at radius 3 is 2.29 bits per heavy atom. The Bertz CT molecular complexity index is 588. The van der Waals surface area contributed by atoms with Crippen molar-refractivity contribution in [2.24, 2.45) is 0 Å². The molecule has 1 unspecified atom stereocenters. The minimum Gasteiger partial charge on any atom is -0.319 e. The second-order valence-corrected chi connectivity index (χ2v) is 5.06. The van der Waals surface area contributed by atoms with E-state index >= 15 is 0 Å². The molecule has 0 aromatic heterocycles. The van der Waals surface area contributed by atoms with E-state index in [1.165, 1.54) is 18.2 Å². The third kappa shape index (κ3) is 1.87. The number of allylic oxidation sites excluding steroid dienone is 2. The highest BCUT2D eigenvalue weighted by atomic mass is 31.2. The van der Waals surface area contributed by atoms with Gasteiger partial charge >= 0.3 is 7.60 Å². The van der Waals surface area contributed by atoms with E-state index in [-0.39, 0.29) is 11.1 Å². The predicted octanol–water partition coefficient (Wildman–Crippen LogP) is 1.62. The summed E-state index contributed by atoms with van der Waals surface area (Å²) in [6, 6.07) is 5.89. The maximum atomic E-state index is 11.8. The quantitative estimate of drug-likeness (QED) is 0.472. The van der Waals surface area contributed by atoms with Crippen LogP contribution in [0, 0.1) is 0 Å². The van der Waals surface area contributed by atoms with Crippen molar-refractivity contribution >= 4 is 19.2 Å². The highest BCUT2D eigenvalue weighted by Crippen LogP contribution is 2.52. The minimum atomic E-state index is -4.65. The van der Waals surface area contributed by atoms with Crippen molar-refractivity contribution in [3.05, 3.63) is 46.8 Å². The molecule has 88 valence electrons. The van der Waals surface area contributed by atoms with Crippen LogP contribution in [-0.2, 0) is 9.24 Å². The Labute approximate surface area is 95.6 Å². The van der Waals surface area contributed by atoms with Crippen LogP contribution in [0.15, 0.2) is 35.7 Å². The van der Waals surface area contributed by atoms with E-state index in [0.717, 1.165) is 0 Å². The van der Waals surface area contributed by atoms with Gasteiger partial charge in [0.2, 0.25) is 5.78 Å². The zero-order valence-corrected chi connectivity index (χ0v) is 9.26. The highest BCUT2D eigenvalue weighted by Gasteiger charge is 2.37. The molecule has 0 spiro atoms. The molecular formula is C10H7O6P. The lowest BCUT2D eigenvalue weighted by Gasteiger charge is -2.16. The van der Waals surface area contributed by atoms with E-state index in [1.807, 2.05) is 0 Å². The van der Waals surface area contributed by atoms with Gasteiger partial charge in [-0.25, -0.2) is 5.26 Å². The topological polar surface area (TPSA) is 101 Å². The maximum Gasteiger partial charge on any atom is 0.389 e. The third-order valence-electron chi connectivity index (χ3n) is 2.35. The summed E-state index contributed by atoms with van der Waals surface area (Å²) in [7, 11) is -4.65. The SMILES string of the molecule is O=C1C=C(P(=O)(O)OO)C(=O)c2ccccc21. The van der Waals surface area contributed by atoms with Crippen molar-refractivity contribution < 1.29 is 29.0 Å². The van der Waals surface area contributed by atoms with Crippen LogP contribution in [0.5, 0.6) is 0 Å². The number of carbonyl (C=O) groups excluding carboxylic acids is 2. The van der Waals surface area contributed by atoms with Gasteiger partial charge in [-0.15, -0.1) is 4.67 Å². The molecule has 17 heavy (non-hydrogen) atoms. The average molecular weight is 254 g/mol. The number of ketones is 2. The summed E-state index contributed by atoms with van der Waals surface area (Å²) >= 11 is 0. The molecule has 2 N–H and O–H groups in total. The molecule has 0 heterocycles. The summed E-state index contributed by atoms with van der Waals surface area (Å²) < 4.78 is 14.7. The van der Waals surface area contributed by atoms with Crippen LogP contribution in [0.1, 0.15) is 20.7 Å². The van der Waals surface area contributed by atoms with E-state index in [9.17, 15) is 19.0 Å². The monoisotopic (exact) mass is 254 g/mol. The van der Waals surface area contributed by atoms with Crippen molar-refractivity contribution in [2.45, 2.75) is 0 Å². The van der Waals surface area contributed by atoms with E-state index < -0.39 is 24.5 Å². The molecule has 0 saturated heterocycles. The molecule has 1 aliphatic carbocycles. The third-order valence-corrected chi connectivity index (χ3v) is 3.52. The van der Waals surface area contributed by atoms with Crippen LogP contribution in [0.4, 0.5) is 0 Å². The molecule has 0 amide bonds. The summed E-state index contributed by atoms with van der Waals surface area (Å²) in [4.78, 5) is 32.6. The van der Waals surface area contributed by atoms with Crippen molar-refractivity contribution in [2.75, 3.05) is 0 Å². The lowest BCUT2D eigenvalue weighted by atomic mass is 9.95. The Morgan fingerprint density at radius 1 is 1.12 bits per heavy atom. The van der Waals surface area contributed by atoms with Crippen LogP contribution in [0.3, 0.4) is 0 Å². The molecule has 0 saturated carbocycles. The molecule has 6 nitrogen and oxygen atoms in total. The molecule has 1 atom stereocenters. The fraction of sp³-hybridized carbons (Fsp3) is 0. The van der Waals surface area contributed by atoms with Crippen LogP contribution in [0.25, 0.3) is 0 Å². The molecule has 1 aromatic carbocycles. The summed E-state index contributed by atoms with van der Waals surface area (Å²) in [5.74, 6) is -1.39. The van der Waals surface area contributed by atoms with Gasteiger partial charge in [-0.2, -0.15) is 0 Å². The summed E-state index contributed by atoms with van der Waals surface area (Å²) in [5.41, 5.74) is 0.167. The van der Waals surface area contributed by atoms with Gasteiger partial charge in [0.1, 0.15) is 5.31 Å². The largest absolute Gasteiger partial charge is 0.389 e. The Balaban J connectivity index is 2.61. The number of carbonyl (C=O) groups is 2. The van der Waals surface area contributed by atoms with Gasteiger partial charge < -0.3 is 4.89 Å². The van der Waals surface area contributed by atoms with Crippen LogP contribution >= 0.6 is 7.60 Å². The van der Waals surface area contributed by atoms with Crippen LogP contribution < -0.4 is 0 Å². The molecule has 2 rings (SSSR count). The fourth-order valence-corrected chi connectivity index (χ4v) is 2.30. The van der Waals surface area contributed by atoms with Crippen molar-refractivity contribution in [3.8, 4) is 0 Å². The standard InChI is InChI=1S/C10H7O6P/c11-8-5-9(17(14,15)16-13)10(12)7-4-2-1-3-6(7)8/h1-5,13H,(H,14,15). The van der Waals surface area contributed by atoms with Gasteiger partial charge in [0, 0.05) is 17.2 Å².